The second-order valence-electron chi connectivity index (χ2n) is 13.2. The molecule has 0 fully saturated rings. The van der Waals surface area contributed by atoms with Crippen LogP contribution >= 0.6 is 11.6 Å². The van der Waals surface area contributed by atoms with E-state index in [4.69, 9.17) is 18.2 Å². The summed E-state index contributed by atoms with van der Waals surface area (Å²) in [5.41, 5.74) is 15.5. The maximum absolute atomic E-state index is 6.40. The minimum Gasteiger partial charge on any atom is -0.310 e. The second kappa shape index (κ2) is 10.8. The number of anilines is 2. The van der Waals surface area contributed by atoms with Crippen molar-refractivity contribution < 1.29 is 0 Å². The summed E-state index contributed by atoms with van der Waals surface area (Å²) in [4.78, 5) is 2.31. The SMILES string of the molecule is C=C(C1=C(/C=C\C)C(C)(C)c2ccccc21)N(c1ccc(Cl)cc1)c1ccc2c(c1)C(C)(C)c1cc(-c3ccccc3)ccc1-2. The molecule has 2 aliphatic carbocycles. The highest BCUT2D eigenvalue weighted by Gasteiger charge is 2.40. The molecule has 0 N–H and O–H groups in total. The zero-order valence-corrected chi connectivity index (χ0v) is 27.4. The van der Waals surface area contributed by atoms with E-state index in [0.29, 0.717) is 5.02 Å². The van der Waals surface area contributed by atoms with Crippen LogP contribution in [0.5, 0.6) is 0 Å². The van der Waals surface area contributed by atoms with Gasteiger partial charge in [0, 0.05) is 38.5 Å². The normalized spacial score (nSPS) is 15.6. The molecule has 5 aromatic rings. The van der Waals surface area contributed by atoms with Gasteiger partial charge in [0.2, 0.25) is 0 Å². The Morgan fingerprint density at radius 3 is 1.96 bits per heavy atom. The lowest BCUT2D eigenvalue weighted by Crippen LogP contribution is -2.20. The van der Waals surface area contributed by atoms with Crippen LogP contribution in [0.3, 0.4) is 0 Å². The zero-order valence-electron chi connectivity index (χ0n) is 26.7. The number of halogens is 1. The van der Waals surface area contributed by atoms with E-state index >= 15 is 0 Å². The highest BCUT2D eigenvalue weighted by Crippen LogP contribution is 2.54. The van der Waals surface area contributed by atoms with Gasteiger partial charge >= 0.3 is 0 Å². The fourth-order valence-corrected chi connectivity index (χ4v) is 7.58. The van der Waals surface area contributed by atoms with Gasteiger partial charge in [0.05, 0.1) is 0 Å². The van der Waals surface area contributed by atoms with Crippen molar-refractivity contribution in [3.63, 3.8) is 0 Å². The third kappa shape index (κ3) is 4.61. The summed E-state index contributed by atoms with van der Waals surface area (Å²) in [5.74, 6) is 0. The van der Waals surface area contributed by atoms with Gasteiger partial charge in [0.25, 0.3) is 0 Å². The van der Waals surface area contributed by atoms with Crippen LogP contribution < -0.4 is 4.90 Å². The minimum absolute atomic E-state index is 0.148. The van der Waals surface area contributed by atoms with E-state index in [0.717, 1.165) is 17.1 Å². The lowest BCUT2D eigenvalue weighted by molar-refractivity contribution is 0.654. The molecule has 5 aromatic carbocycles. The number of benzene rings is 5. The highest BCUT2D eigenvalue weighted by atomic mass is 35.5. The summed E-state index contributed by atoms with van der Waals surface area (Å²) in [7, 11) is 0. The summed E-state index contributed by atoms with van der Waals surface area (Å²) in [5, 5.41) is 0.713. The van der Waals surface area contributed by atoms with Crippen LogP contribution in [0.2, 0.25) is 5.02 Å². The van der Waals surface area contributed by atoms with Gasteiger partial charge in [0.1, 0.15) is 0 Å². The Balaban J connectivity index is 1.39. The predicted molar refractivity (Wildman–Crippen MR) is 193 cm³/mol. The molecule has 45 heavy (non-hydrogen) atoms. The Morgan fingerprint density at radius 2 is 1.24 bits per heavy atom. The molecule has 2 heteroatoms. The van der Waals surface area contributed by atoms with Crippen molar-refractivity contribution in [1.29, 1.82) is 0 Å². The first-order valence-electron chi connectivity index (χ1n) is 15.7. The fraction of sp³-hybridized carbons (Fsp3) is 0.163. The minimum atomic E-state index is -0.171. The van der Waals surface area contributed by atoms with Crippen LogP contribution in [0.4, 0.5) is 11.4 Å². The van der Waals surface area contributed by atoms with E-state index < -0.39 is 0 Å². The molecular formula is C43H38ClN. The number of nitrogens with zero attached hydrogens (tertiary/aromatic N) is 1. The molecule has 0 saturated heterocycles. The van der Waals surface area contributed by atoms with Gasteiger partial charge in [-0.3, -0.25) is 0 Å². The van der Waals surface area contributed by atoms with E-state index in [1.807, 2.05) is 12.1 Å². The van der Waals surface area contributed by atoms with Crippen LogP contribution in [0.25, 0.3) is 27.8 Å². The standard InChI is InChI=1S/C43H38ClN/c1-7-13-38-41(36-16-11-12-17-37(36)42(38,3)4)28(2)45(32-21-19-31(44)20-22-32)33-23-25-35-34-24-18-30(29-14-9-8-10-15-29)26-39(34)43(5,6)40(35)27-33/h7-27H,2H2,1,3-6H3/b13-7-. The zero-order chi connectivity index (χ0) is 31.5. The monoisotopic (exact) mass is 603 g/mol. The van der Waals surface area contributed by atoms with Gasteiger partial charge < -0.3 is 4.90 Å². The maximum Gasteiger partial charge on any atom is 0.0471 e. The van der Waals surface area contributed by atoms with Gasteiger partial charge in [-0.05, 0) is 99.5 Å². The highest BCUT2D eigenvalue weighted by molar-refractivity contribution is 6.30. The van der Waals surface area contributed by atoms with E-state index in [1.165, 1.54) is 55.7 Å². The van der Waals surface area contributed by atoms with Crippen LogP contribution in [-0.4, -0.2) is 0 Å². The number of fused-ring (bicyclic) bond motifs is 4. The quantitative estimate of drug-likeness (QED) is 0.186. The van der Waals surface area contributed by atoms with Gasteiger partial charge in [-0.25, -0.2) is 0 Å². The average Bonchev–Trinajstić information content (AvgIpc) is 3.41. The Morgan fingerprint density at radius 1 is 0.622 bits per heavy atom. The first kappa shape index (κ1) is 29.1. The Labute approximate surface area is 272 Å². The molecule has 0 bridgehead atoms. The first-order valence-corrected chi connectivity index (χ1v) is 16.1. The van der Waals surface area contributed by atoms with Crippen molar-refractivity contribution in [2.45, 2.75) is 45.4 Å². The summed E-state index contributed by atoms with van der Waals surface area (Å²) < 4.78 is 0. The van der Waals surface area contributed by atoms with Gasteiger partial charge in [-0.2, -0.15) is 0 Å². The molecule has 1 nitrogen and oxygen atoms in total. The smallest absolute Gasteiger partial charge is 0.0471 e. The molecular weight excluding hydrogens is 566 g/mol. The number of rotatable bonds is 6. The maximum atomic E-state index is 6.40. The van der Waals surface area contributed by atoms with Crippen LogP contribution in [0.15, 0.2) is 145 Å². The molecule has 0 aromatic heterocycles. The molecule has 0 atom stereocenters. The summed E-state index contributed by atoms with van der Waals surface area (Å²) in [6.45, 7) is 16.2. The number of hydrogen-bond donors (Lipinski definition) is 0. The third-order valence-electron chi connectivity index (χ3n) is 9.81. The second-order valence-corrected chi connectivity index (χ2v) is 13.6. The van der Waals surface area contributed by atoms with E-state index in [1.54, 1.807) is 0 Å². The number of hydrogen-bond acceptors (Lipinski definition) is 1. The first-order chi connectivity index (χ1) is 21.6. The summed E-state index contributed by atoms with van der Waals surface area (Å²) in [6, 6.07) is 41.4. The van der Waals surface area contributed by atoms with Crippen molar-refractivity contribution >= 4 is 28.5 Å². The summed E-state index contributed by atoms with van der Waals surface area (Å²) >= 11 is 6.40. The molecule has 0 unspecified atom stereocenters. The Bertz CT molecular complexity index is 2020. The largest absolute Gasteiger partial charge is 0.310 e. The van der Waals surface area contributed by atoms with E-state index in [9.17, 15) is 0 Å². The summed E-state index contributed by atoms with van der Waals surface area (Å²) in [6.07, 6.45) is 4.40. The molecule has 0 amide bonds. The van der Waals surface area contributed by atoms with E-state index in [2.05, 4.69) is 155 Å². The van der Waals surface area contributed by atoms with Crippen molar-refractivity contribution in [3.8, 4) is 22.3 Å². The molecule has 0 radical (unpaired) electrons. The Hall–Kier alpha value is -4.59. The molecule has 2 aliphatic rings. The lowest BCUT2D eigenvalue weighted by Gasteiger charge is -2.31. The third-order valence-corrected chi connectivity index (χ3v) is 10.1. The van der Waals surface area contributed by atoms with Crippen molar-refractivity contribution in [1.82, 2.24) is 0 Å². The van der Waals surface area contributed by atoms with Gasteiger partial charge in [-0.15, -0.1) is 0 Å². The van der Waals surface area contributed by atoms with Crippen LogP contribution in [-0.2, 0) is 10.8 Å². The predicted octanol–water partition coefficient (Wildman–Crippen LogP) is 12.3. The van der Waals surface area contributed by atoms with Crippen molar-refractivity contribution in [3.05, 3.63) is 173 Å². The average molecular weight is 604 g/mol. The van der Waals surface area contributed by atoms with Crippen molar-refractivity contribution in [2.24, 2.45) is 0 Å². The van der Waals surface area contributed by atoms with Crippen LogP contribution in [0.1, 0.15) is 56.9 Å². The fourth-order valence-electron chi connectivity index (χ4n) is 7.46. The van der Waals surface area contributed by atoms with E-state index in [-0.39, 0.29) is 10.8 Å². The molecule has 0 saturated carbocycles. The molecule has 7 rings (SSSR count). The molecule has 0 heterocycles. The molecule has 0 spiro atoms. The number of allylic oxidation sites excluding steroid dienone is 4. The van der Waals surface area contributed by atoms with Crippen LogP contribution in [0, 0.1) is 0 Å². The van der Waals surface area contributed by atoms with Crippen molar-refractivity contribution in [2.75, 3.05) is 4.90 Å². The lowest BCUT2D eigenvalue weighted by atomic mass is 9.81. The van der Waals surface area contributed by atoms with Gasteiger partial charge in [-0.1, -0.05) is 131 Å². The van der Waals surface area contributed by atoms with Gasteiger partial charge in [0.15, 0.2) is 0 Å². The topological polar surface area (TPSA) is 3.24 Å². The molecule has 222 valence electrons. The Kier molecular flexibility index (Phi) is 6.99. The molecule has 0 aliphatic heterocycles.